The smallest absolute Gasteiger partial charge is 0.360 e. The molecule has 3 rings (SSSR count). The van der Waals surface area contributed by atoms with Gasteiger partial charge >= 0.3 is 6.18 Å². The van der Waals surface area contributed by atoms with Gasteiger partial charge in [-0.3, -0.25) is 4.79 Å². The normalized spacial score (nSPS) is 16.2. The van der Waals surface area contributed by atoms with Crippen LogP contribution in [0.1, 0.15) is 18.1 Å². The highest BCUT2D eigenvalue weighted by atomic mass is 19.4. The van der Waals surface area contributed by atoms with Gasteiger partial charge in [0.1, 0.15) is 0 Å². The Balaban J connectivity index is 1.58. The van der Waals surface area contributed by atoms with Crippen LogP contribution in [0.15, 0.2) is 48.5 Å². The van der Waals surface area contributed by atoms with Crippen LogP contribution in [0.3, 0.4) is 0 Å². The van der Waals surface area contributed by atoms with Gasteiger partial charge in [-0.15, -0.1) is 0 Å². The summed E-state index contributed by atoms with van der Waals surface area (Å²) in [5.74, 6) is -0.150. The zero-order valence-electron chi connectivity index (χ0n) is 16.0. The standard InChI is InChI=1S/C21H21F3N4O/c1-15(20(29)26-18-6-2-4-16(12-18)14-25)27-8-10-28(11-9-27)19-7-3-5-17(13-19)21(22,23)24/h2-7,12-13,15H,8-11H2,1H3,(H,26,29)/p+1/t15-/m1/s1. The van der Waals surface area contributed by atoms with Crippen LogP contribution in [-0.4, -0.2) is 38.1 Å². The highest BCUT2D eigenvalue weighted by Crippen LogP contribution is 2.31. The molecule has 0 radical (unpaired) electrons. The van der Waals surface area contributed by atoms with Crippen LogP contribution >= 0.6 is 0 Å². The molecule has 1 aliphatic heterocycles. The van der Waals surface area contributed by atoms with Crippen molar-refractivity contribution < 1.29 is 22.9 Å². The second-order valence-corrected chi connectivity index (χ2v) is 7.10. The van der Waals surface area contributed by atoms with Crippen molar-refractivity contribution in [3.05, 3.63) is 59.7 Å². The van der Waals surface area contributed by atoms with Gasteiger partial charge in [0.25, 0.3) is 5.91 Å². The lowest BCUT2D eigenvalue weighted by atomic mass is 10.1. The molecule has 0 aliphatic carbocycles. The molecule has 0 bridgehead atoms. The highest BCUT2D eigenvalue weighted by Gasteiger charge is 2.32. The van der Waals surface area contributed by atoms with Crippen LogP contribution in [0.25, 0.3) is 0 Å². The predicted molar refractivity (Wildman–Crippen MR) is 104 cm³/mol. The third-order valence-corrected chi connectivity index (χ3v) is 5.21. The summed E-state index contributed by atoms with van der Waals surface area (Å²) in [6.07, 6.45) is -4.36. The number of rotatable bonds is 4. The van der Waals surface area contributed by atoms with Crippen LogP contribution in [-0.2, 0) is 11.0 Å². The number of quaternary nitrogens is 1. The van der Waals surface area contributed by atoms with Crippen molar-refractivity contribution in [1.29, 1.82) is 5.26 Å². The number of hydrogen-bond donors (Lipinski definition) is 2. The summed E-state index contributed by atoms with van der Waals surface area (Å²) in [5, 5.41) is 11.8. The molecular formula is C21H22F3N4O+. The highest BCUT2D eigenvalue weighted by molar-refractivity contribution is 5.93. The SMILES string of the molecule is C[C@H](C(=O)Nc1cccc(C#N)c1)[NH+]1CCN(c2cccc(C(F)(F)F)c2)CC1. The molecule has 5 nitrogen and oxygen atoms in total. The van der Waals surface area contributed by atoms with Gasteiger partial charge in [0, 0.05) is 11.4 Å². The summed E-state index contributed by atoms with van der Waals surface area (Å²) < 4.78 is 38.8. The van der Waals surface area contributed by atoms with Gasteiger partial charge in [-0.05, 0) is 43.3 Å². The Morgan fingerprint density at radius 3 is 2.52 bits per heavy atom. The molecule has 2 N–H and O–H groups in total. The third-order valence-electron chi connectivity index (χ3n) is 5.21. The van der Waals surface area contributed by atoms with Crippen LogP contribution in [0.2, 0.25) is 0 Å². The van der Waals surface area contributed by atoms with Crippen LogP contribution in [0.5, 0.6) is 0 Å². The Labute approximate surface area is 167 Å². The zero-order chi connectivity index (χ0) is 21.0. The number of halogens is 3. The quantitative estimate of drug-likeness (QED) is 0.824. The molecular weight excluding hydrogens is 381 g/mol. The Morgan fingerprint density at radius 2 is 1.86 bits per heavy atom. The number of benzene rings is 2. The number of nitrogens with zero attached hydrogens (tertiary/aromatic N) is 2. The molecule has 1 saturated heterocycles. The lowest BCUT2D eigenvalue weighted by molar-refractivity contribution is -0.914. The first-order valence-electron chi connectivity index (χ1n) is 9.36. The van der Waals surface area contributed by atoms with E-state index in [0.717, 1.165) is 11.0 Å². The van der Waals surface area contributed by atoms with Crippen molar-refractivity contribution in [3.8, 4) is 6.07 Å². The number of hydrogen-bond acceptors (Lipinski definition) is 3. The van der Waals surface area contributed by atoms with E-state index in [-0.39, 0.29) is 11.9 Å². The lowest BCUT2D eigenvalue weighted by Crippen LogP contribution is -3.19. The second kappa shape index (κ2) is 8.53. The van der Waals surface area contributed by atoms with Crippen molar-refractivity contribution in [2.24, 2.45) is 0 Å². The van der Waals surface area contributed by atoms with Crippen molar-refractivity contribution in [2.45, 2.75) is 19.1 Å². The Bertz CT molecular complexity index is 915. The fraction of sp³-hybridized carbons (Fsp3) is 0.333. The largest absolute Gasteiger partial charge is 0.416 e. The number of alkyl halides is 3. The number of carbonyl (C=O) groups is 1. The minimum Gasteiger partial charge on any atom is -0.360 e. The number of anilines is 2. The number of piperazine rings is 1. The molecule has 1 fully saturated rings. The summed E-state index contributed by atoms with van der Waals surface area (Å²) in [5.41, 5.74) is 0.932. The van der Waals surface area contributed by atoms with E-state index < -0.39 is 11.7 Å². The van der Waals surface area contributed by atoms with Crippen molar-refractivity contribution in [1.82, 2.24) is 0 Å². The minimum absolute atomic E-state index is 0.150. The van der Waals surface area contributed by atoms with Crippen molar-refractivity contribution >= 4 is 17.3 Å². The molecule has 1 heterocycles. The Kier molecular flexibility index (Phi) is 6.09. The molecule has 152 valence electrons. The van der Waals surface area contributed by atoms with E-state index in [1.54, 1.807) is 30.3 Å². The summed E-state index contributed by atoms with van der Waals surface area (Å²) in [4.78, 5) is 15.6. The Morgan fingerprint density at radius 1 is 1.17 bits per heavy atom. The Hall–Kier alpha value is -3.05. The third kappa shape index (κ3) is 5.06. The van der Waals surface area contributed by atoms with E-state index in [0.29, 0.717) is 43.1 Å². The molecule has 2 aromatic carbocycles. The maximum atomic E-state index is 12.9. The molecule has 0 saturated carbocycles. The fourth-order valence-electron chi connectivity index (χ4n) is 3.47. The molecule has 1 amide bonds. The first-order chi connectivity index (χ1) is 13.8. The molecule has 29 heavy (non-hydrogen) atoms. The molecule has 0 spiro atoms. The summed E-state index contributed by atoms with van der Waals surface area (Å²) >= 11 is 0. The van der Waals surface area contributed by atoms with Crippen LogP contribution in [0, 0.1) is 11.3 Å². The van der Waals surface area contributed by atoms with Gasteiger partial charge in [0.15, 0.2) is 6.04 Å². The minimum atomic E-state index is -4.36. The average molecular weight is 403 g/mol. The second-order valence-electron chi connectivity index (χ2n) is 7.10. The molecule has 0 unspecified atom stereocenters. The van der Waals surface area contributed by atoms with E-state index in [9.17, 15) is 18.0 Å². The molecule has 8 heteroatoms. The molecule has 1 aliphatic rings. The first-order valence-corrected chi connectivity index (χ1v) is 9.36. The van der Waals surface area contributed by atoms with Crippen LogP contribution in [0.4, 0.5) is 24.5 Å². The summed E-state index contributed by atoms with van der Waals surface area (Å²) in [7, 11) is 0. The van der Waals surface area contributed by atoms with Gasteiger partial charge in [0.2, 0.25) is 0 Å². The monoisotopic (exact) mass is 403 g/mol. The van der Waals surface area contributed by atoms with Crippen molar-refractivity contribution in [3.63, 3.8) is 0 Å². The number of carbonyl (C=O) groups excluding carboxylic acids is 1. The predicted octanol–water partition coefficient (Wildman–Crippen LogP) is 2.31. The van der Waals surface area contributed by atoms with E-state index in [2.05, 4.69) is 5.32 Å². The van der Waals surface area contributed by atoms with E-state index in [4.69, 9.17) is 5.26 Å². The van der Waals surface area contributed by atoms with Gasteiger partial charge in [0.05, 0.1) is 43.4 Å². The van der Waals surface area contributed by atoms with Crippen molar-refractivity contribution in [2.75, 3.05) is 36.4 Å². The number of amides is 1. The number of nitrogens with one attached hydrogen (secondary N) is 2. The average Bonchev–Trinajstić information content (AvgIpc) is 2.73. The zero-order valence-corrected chi connectivity index (χ0v) is 16.0. The van der Waals surface area contributed by atoms with Gasteiger partial charge in [-0.2, -0.15) is 18.4 Å². The molecule has 0 aromatic heterocycles. The maximum absolute atomic E-state index is 12.9. The topological polar surface area (TPSA) is 60.6 Å². The van der Waals surface area contributed by atoms with Crippen LogP contribution < -0.4 is 15.1 Å². The van der Waals surface area contributed by atoms with Gasteiger partial charge in [-0.25, -0.2) is 0 Å². The number of nitriles is 1. The lowest BCUT2D eigenvalue weighted by Gasteiger charge is -2.36. The maximum Gasteiger partial charge on any atom is 0.416 e. The molecule has 2 aromatic rings. The van der Waals surface area contributed by atoms with E-state index >= 15 is 0 Å². The van der Waals surface area contributed by atoms with Gasteiger partial charge < -0.3 is 15.1 Å². The first kappa shape index (κ1) is 20.7. The van der Waals surface area contributed by atoms with Gasteiger partial charge in [-0.1, -0.05) is 12.1 Å². The fourth-order valence-corrected chi connectivity index (χ4v) is 3.47. The summed E-state index contributed by atoms with van der Waals surface area (Å²) in [6.45, 7) is 4.25. The van der Waals surface area contributed by atoms with E-state index in [1.807, 2.05) is 17.9 Å². The summed E-state index contributed by atoms with van der Waals surface area (Å²) in [6, 6.07) is 13.8. The molecule has 1 atom stereocenters. The van der Waals surface area contributed by atoms with E-state index in [1.165, 1.54) is 12.1 Å².